The molecule has 0 saturated heterocycles. The highest BCUT2D eigenvalue weighted by Crippen LogP contribution is 2.24. The Morgan fingerprint density at radius 2 is 2.05 bits per heavy atom. The highest BCUT2D eigenvalue weighted by atomic mass is 16.3. The SMILES string of the molecule is CCCC(=O)c1ccc2oc(-c3cccc(C)c3)nc2n1. The summed E-state index contributed by atoms with van der Waals surface area (Å²) < 4.78 is 5.72. The Hall–Kier alpha value is -2.49. The van der Waals surface area contributed by atoms with E-state index in [1.807, 2.05) is 38.1 Å². The number of Topliss-reactive ketones (excluding diaryl/α,β-unsaturated/α-hetero) is 1. The van der Waals surface area contributed by atoms with Crippen LogP contribution in [0.5, 0.6) is 0 Å². The van der Waals surface area contributed by atoms with Crippen molar-refractivity contribution in [2.75, 3.05) is 0 Å². The zero-order valence-electron chi connectivity index (χ0n) is 12.1. The summed E-state index contributed by atoms with van der Waals surface area (Å²) in [6.07, 6.45) is 1.31. The lowest BCUT2D eigenvalue weighted by Gasteiger charge is -1.96. The maximum atomic E-state index is 11.9. The van der Waals surface area contributed by atoms with Gasteiger partial charge in [-0.15, -0.1) is 0 Å². The van der Waals surface area contributed by atoms with Gasteiger partial charge < -0.3 is 4.42 Å². The number of carbonyl (C=O) groups excluding carboxylic acids is 1. The lowest BCUT2D eigenvalue weighted by Crippen LogP contribution is -2.01. The van der Waals surface area contributed by atoms with Gasteiger partial charge in [0.05, 0.1) is 0 Å². The van der Waals surface area contributed by atoms with Crippen molar-refractivity contribution < 1.29 is 9.21 Å². The third kappa shape index (κ3) is 2.70. The van der Waals surface area contributed by atoms with Gasteiger partial charge in [-0.25, -0.2) is 4.98 Å². The molecule has 0 unspecified atom stereocenters. The van der Waals surface area contributed by atoms with Crippen LogP contribution in [0.1, 0.15) is 35.8 Å². The number of benzene rings is 1. The second-order valence-corrected chi connectivity index (χ2v) is 5.08. The van der Waals surface area contributed by atoms with Gasteiger partial charge in [0.25, 0.3) is 0 Å². The van der Waals surface area contributed by atoms with E-state index in [1.165, 1.54) is 0 Å². The summed E-state index contributed by atoms with van der Waals surface area (Å²) in [6.45, 7) is 3.99. The van der Waals surface area contributed by atoms with Gasteiger partial charge in [0, 0.05) is 12.0 Å². The first-order valence-electron chi connectivity index (χ1n) is 7.05. The maximum Gasteiger partial charge on any atom is 0.228 e. The highest BCUT2D eigenvalue weighted by molar-refractivity contribution is 5.95. The number of pyridine rings is 1. The summed E-state index contributed by atoms with van der Waals surface area (Å²) in [4.78, 5) is 20.6. The van der Waals surface area contributed by atoms with Crippen molar-refractivity contribution in [1.82, 2.24) is 9.97 Å². The molecule has 0 aliphatic rings. The second kappa shape index (κ2) is 5.48. The molecule has 4 nitrogen and oxygen atoms in total. The van der Waals surface area contributed by atoms with Gasteiger partial charge in [0.2, 0.25) is 5.89 Å². The van der Waals surface area contributed by atoms with Crippen LogP contribution in [0.3, 0.4) is 0 Å². The van der Waals surface area contributed by atoms with E-state index in [2.05, 4.69) is 9.97 Å². The first-order chi connectivity index (χ1) is 10.2. The summed E-state index contributed by atoms with van der Waals surface area (Å²) in [7, 11) is 0. The fraction of sp³-hybridized carbons (Fsp3) is 0.235. The van der Waals surface area contributed by atoms with Crippen LogP contribution in [0.15, 0.2) is 40.8 Å². The molecule has 2 heterocycles. The van der Waals surface area contributed by atoms with Crippen LogP contribution in [0.25, 0.3) is 22.7 Å². The number of oxazole rings is 1. The van der Waals surface area contributed by atoms with E-state index in [1.54, 1.807) is 12.1 Å². The third-order valence-corrected chi connectivity index (χ3v) is 3.28. The minimum absolute atomic E-state index is 0.0412. The highest BCUT2D eigenvalue weighted by Gasteiger charge is 2.12. The number of nitrogens with zero attached hydrogens (tertiary/aromatic N) is 2. The molecule has 4 heteroatoms. The Bertz CT molecular complexity index is 805. The van der Waals surface area contributed by atoms with Gasteiger partial charge in [-0.3, -0.25) is 4.79 Å². The number of ketones is 1. The number of hydrogen-bond donors (Lipinski definition) is 0. The fourth-order valence-corrected chi connectivity index (χ4v) is 2.23. The Kier molecular flexibility index (Phi) is 3.52. The van der Waals surface area contributed by atoms with Gasteiger partial charge in [-0.2, -0.15) is 4.98 Å². The number of rotatable bonds is 4. The minimum atomic E-state index is 0.0412. The zero-order valence-corrected chi connectivity index (χ0v) is 12.1. The lowest BCUT2D eigenvalue weighted by atomic mass is 10.1. The predicted octanol–water partition coefficient (Wildman–Crippen LogP) is 4.18. The molecule has 21 heavy (non-hydrogen) atoms. The molecular weight excluding hydrogens is 264 g/mol. The topological polar surface area (TPSA) is 56.0 Å². The smallest absolute Gasteiger partial charge is 0.228 e. The van der Waals surface area contributed by atoms with Crippen molar-refractivity contribution in [3.8, 4) is 11.5 Å². The molecule has 0 aliphatic carbocycles. The Labute approximate surface area is 122 Å². The predicted molar refractivity (Wildman–Crippen MR) is 81.2 cm³/mol. The van der Waals surface area contributed by atoms with Crippen LogP contribution >= 0.6 is 0 Å². The summed E-state index contributed by atoms with van der Waals surface area (Å²) in [5.74, 6) is 0.570. The first-order valence-corrected chi connectivity index (χ1v) is 7.05. The average Bonchev–Trinajstić information content (AvgIpc) is 2.90. The molecule has 0 atom stereocenters. The first kappa shape index (κ1) is 13.5. The Morgan fingerprint density at radius 1 is 1.19 bits per heavy atom. The molecular formula is C17H16N2O2. The van der Waals surface area contributed by atoms with Crippen LogP contribution in [0.2, 0.25) is 0 Å². The van der Waals surface area contributed by atoms with E-state index >= 15 is 0 Å². The van der Waals surface area contributed by atoms with Crippen LogP contribution < -0.4 is 0 Å². The monoisotopic (exact) mass is 280 g/mol. The van der Waals surface area contributed by atoms with E-state index < -0.39 is 0 Å². The van der Waals surface area contributed by atoms with Gasteiger partial charge in [0.1, 0.15) is 5.69 Å². The normalized spacial score (nSPS) is 11.0. The molecule has 1 aromatic carbocycles. The standard InChI is InChI=1S/C17H16N2O2/c1-3-5-14(20)13-8-9-15-16(18-13)19-17(21-15)12-7-4-6-11(2)10-12/h4,6-10H,3,5H2,1-2H3. The Morgan fingerprint density at radius 3 is 2.81 bits per heavy atom. The fourth-order valence-electron chi connectivity index (χ4n) is 2.23. The van der Waals surface area contributed by atoms with Crippen molar-refractivity contribution in [1.29, 1.82) is 0 Å². The van der Waals surface area contributed by atoms with Crippen LogP contribution in [0.4, 0.5) is 0 Å². The molecule has 3 aromatic rings. The number of hydrogen-bond acceptors (Lipinski definition) is 4. The van der Waals surface area contributed by atoms with Crippen LogP contribution in [-0.2, 0) is 0 Å². The molecule has 0 bridgehead atoms. The molecule has 0 spiro atoms. The van der Waals surface area contributed by atoms with Gasteiger partial charge in [-0.1, -0.05) is 24.6 Å². The molecule has 0 N–H and O–H groups in total. The summed E-state index contributed by atoms with van der Waals surface area (Å²) in [5, 5.41) is 0. The molecule has 106 valence electrons. The molecule has 0 fully saturated rings. The summed E-state index contributed by atoms with van der Waals surface area (Å²) >= 11 is 0. The van der Waals surface area contributed by atoms with Crippen molar-refractivity contribution in [3.05, 3.63) is 47.7 Å². The van der Waals surface area contributed by atoms with Gasteiger partial charge >= 0.3 is 0 Å². The van der Waals surface area contributed by atoms with E-state index in [9.17, 15) is 4.79 Å². The molecule has 0 radical (unpaired) electrons. The van der Waals surface area contributed by atoms with E-state index in [-0.39, 0.29) is 5.78 Å². The minimum Gasteiger partial charge on any atom is -0.434 e. The number of fused-ring (bicyclic) bond motifs is 1. The molecule has 2 aromatic heterocycles. The summed E-state index contributed by atoms with van der Waals surface area (Å²) in [6, 6.07) is 11.4. The van der Waals surface area contributed by atoms with E-state index in [0.717, 1.165) is 17.5 Å². The van der Waals surface area contributed by atoms with E-state index in [0.29, 0.717) is 29.2 Å². The lowest BCUT2D eigenvalue weighted by molar-refractivity contribution is 0.0977. The summed E-state index contributed by atoms with van der Waals surface area (Å²) in [5.41, 5.74) is 3.58. The van der Waals surface area contributed by atoms with Gasteiger partial charge in [-0.05, 0) is 37.6 Å². The third-order valence-electron chi connectivity index (χ3n) is 3.28. The Balaban J connectivity index is 2.02. The van der Waals surface area contributed by atoms with Crippen molar-refractivity contribution in [2.45, 2.75) is 26.7 Å². The average molecular weight is 280 g/mol. The molecule has 0 amide bonds. The second-order valence-electron chi connectivity index (χ2n) is 5.08. The van der Waals surface area contributed by atoms with Crippen molar-refractivity contribution >= 4 is 17.0 Å². The zero-order chi connectivity index (χ0) is 14.8. The van der Waals surface area contributed by atoms with Gasteiger partial charge in [0.15, 0.2) is 17.0 Å². The molecule has 0 aliphatic heterocycles. The van der Waals surface area contributed by atoms with Crippen molar-refractivity contribution in [2.24, 2.45) is 0 Å². The quantitative estimate of drug-likeness (QED) is 0.673. The maximum absolute atomic E-state index is 11.9. The van der Waals surface area contributed by atoms with Crippen LogP contribution in [0, 0.1) is 6.92 Å². The largest absolute Gasteiger partial charge is 0.434 e. The molecule has 3 rings (SSSR count). The number of aryl methyl sites for hydroxylation is 1. The number of carbonyl (C=O) groups is 1. The number of aromatic nitrogens is 2. The van der Waals surface area contributed by atoms with E-state index in [4.69, 9.17) is 4.42 Å². The van der Waals surface area contributed by atoms with Crippen molar-refractivity contribution in [3.63, 3.8) is 0 Å². The van der Waals surface area contributed by atoms with Crippen LogP contribution in [-0.4, -0.2) is 15.8 Å². The molecule has 0 saturated carbocycles.